The molecule has 0 aromatic heterocycles. The Morgan fingerprint density at radius 1 is 1.38 bits per heavy atom. The fraction of sp³-hybridized carbons (Fsp3) is 0.533. The lowest BCUT2D eigenvalue weighted by Crippen LogP contribution is -2.44. The van der Waals surface area contributed by atoms with Gasteiger partial charge in [0.2, 0.25) is 0 Å². The van der Waals surface area contributed by atoms with E-state index in [1.165, 1.54) is 13.2 Å². The van der Waals surface area contributed by atoms with E-state index in [0.29, 0.717) is 12.1 Å². The second kappa shape index (κ2) is 7.36. The first-order chi connectivity index (χ1) is 10.1. The Balaban J connectivity index is 2.13. The number of hydrogen-bond acceptors (Lipinski definition) is 4. The fourth-order valence-corrected chi connectivity index (χ4v) is 2.65. The standard InChI is InChI=1S/C15H19F2NO3/c1-20-14(19)12-7-4-5-9-18(12)10-11-6-2-3-8-13(11)21-15(16)17/h2-3,6,8,12,15H,4-5,7,9-10H2,1H3/t12-/m1/s1. The number of alkyl halides is 2. The van der Waals surface area contributed by atoms with Crippen LogP contribution in [0, 0.1) is 0 Å². The van der Waals surface area contributed by atoms with Crippen LogP contribution >= 0.6 is 0 Å². The molecule has 1 aliphatic heterocycles. The second-order valence-electron chi connectivity index (χ2n) is 4.99. The van der Waals surface area contributed by atoms with Gasteiger partial charge in [-0.3, -0.25) is 9.69 Å². The first-order valence-electron chi connectivity index (χ1n) is 6.96. The van der Waals surface area contributed by atoms with E-state index < -0.39 is 6.61 Å². The molecule has 0 saturated carbocycles. The minimum atomic E-state index is -2.86. The van der Waals surface area contributed by atoms with E-state index in [2.05, 4.69) is 4.74 Å². The zero-order valence-corrected chi connectivity index (χ0v) is 11.9. The number of carbonyl (C=O) groups is 1. The van der Waals surface area contributed by atoms with Gasteiger partial charge in [-0.25, -0.2) is 0 Å². The molecular formula is C15H19F2NO3. The predicted molar refractivity (Wildman–Crippen MR) is 73.1 cm³/mol. The van der Waals surface area contributed by atoms with Gasteiger partial charge in [0.05, 0.1) is 7.11 Å². The third kappa shape index (κ3) is 4.14. The molecule has 0 spiro atoms. The van der Waals surface area contributed by atoms with Crippen molar-refractivity contribution in [3.05, 3.63) is 29.8 Å². The summed E-state index contributed by atoms with van der Waals surface area (Å²) in [6, 6.07) is 6.35. The van der Waals surface area contributed by atoms with Crippen LogP contribution in [0.15, 0.2) is 24.3 Å². The normalized spacial score (nSPS) is 19.5. The molecule has 0 aliphatic carbocycles. The Labute approximate surface area is 122 Å². The first kappa shape index (κ1) is 15.7. The lowest BCUT2D eigenvalue weighted by Gasteiger charge is -2.34. The molecule has 0 radical (unpaired) electrons. The summed E-state index contributed by atoms with van der Waals surface area (Å²) in [6.45, 7) is -1.73. The minimum Gasteiger partial charge on any atom is -0.468 e. The maximum Gasteiger partial charge on any atom is 0.387 e. The molecule has 0 N–H and O–H groups in total. The molecule has 21 heavy (non-hydrogen) atoms. The fourth-order valence-electron chi connectivity index (χ4n) is 2.65. The molecule has 0 amide bonds. The number of ether oxygens (including phenoxy) is 2. The maximum atomic E-state index is 12.4. The highest BCUT2D eigenvalue weighted by Crippen LogP contribution is 2.26. The Kier molecular flexibility index (Phi) is 5.50. The molecule has 0 unspecified atom stereocenters. The highest BCUT2D eigenvalue weighted by molar-refractivity contribution is 5.75. The van der Waals surface area contributed by atoms with Gasteiger partial charge >= 0.3 is 12.6 Å². The molecule has 1 aromatic carbocycles. The van der Waals surface area contributed by atoms with Crippen molar-refractivity contribution in [2.75, 3.05) is 13.7 Å². The van der Waals surface area contributed by atoms with Crippen molar-refractivity contribution in [3.63, 3.8) is 0 Å². The summed E-state index contributed by atoms with van der Waals surface area (Å²) in [5.41, 5.74) is 0.647. The quantitative estimate of drug-likeness (QED) is 0.784. The van der Waals surface area contributed by atoms with Crippen LogP contribution in [0.1, 0.15) is 24.8 Å². The SMILES string of the molecule is COC(=O)[C@H]1CCCCN1Cc1ccccc1OC(F)F. The molecule has 1 heterocycles. The largest absolute Gasteiger partial charge is 0.468 e. The van der Waals surface area contributed by atoms with Crippen molar-refractivity contribution in [1.29, 1.82) is 0 Å². The minimum absolute atomic E-state index is 0.154. The van der Waals surface area contributed by atoms with Crippen LogP contribution < -0.4 is 4.74 Å². The van der Waals surface area contributed by atoms with E-state index in [4.69, 9.17) is 4.74 Å². The first-order valence-corrected chi connectivity index (χ1v) is 6.96. The van der Waals surface area contributed by atoms with Crippen LogP contribution in [0.25, 0.3) is 0 Å². The Morgan fingerprint density at radius 2 is 2.14 bits per heavy atom. The molecule has 1 saturated heterocycles. The smallest absolute Gasteiger partial charge is 0.387 e. The molecule has 1 aliphatic rings. The monoisotopic (exact) mass is 299 g/mol. The van der Waals surface area contributed by atoms with E-state index in [9.17, 15) is 13.6 Å². The van der Waals surface area contributed by atoms with E-state index in [-0.39, 0.29) is 17.8 Å². The summed E-state index contributed by atoms with van der Waals surface area (Å²) < 4.78 is 34.2. The van der Waals surface area contributed by atoms with Crippen molar-refractivity contribution in [3.8, 4) is 5.75 Å². The van der Waals surface area contributed by atoms with E-state index >= 15 is 0 Å². The number of esters is 1. The van der Waals surface area contributed by atoms with Gasteiger partial charge in [-0.1, -0.05) is 24.6 Å². The van der Waals surface area contributed by atoms with Crippen molar-refractivity contribution >= 4 is 5.97 Å². The van der Waals surface area contributed by atoms with E-state index in [0.717, 1.165) is 25.8 Å². The topological polar surface area (TPSA) is 38.8 Å². The number of para-hydroxylation sites is 1. The summed E-state index contributed by atoms with van der Waals surface area (Å²) in [7, 11) is 1.36. The average Bonchev–Trinajstić information content (AvgIpc) is 2.48. The zero-order chi connectivity index (χ0) is 15.2. The van der Waals surface area contributed by atoms with Crippen LogP contribution in [0.2, 0.25) is 0 Å². The third-order valence-corrected chi connectivity index (χ3v) is 3.65. The molecule has 1 atom stereocenters. The highest BCUT2D eigenvalue weighted by Gasteiger charge is 2.30. The summed E-state index contributed by atoms with van der Waals surface area (Å²) >= 11 is 0. The predicted octanol–water partition coefficient (Wildman–Crippen LogP) is 2.82. The Morgan fingerprint density at radius 3 is 2.86 bits per heavy atom. The number of benzene rings is 1. The number of hydrogen-bond donors (Lipinski definition) is 0. The van der Waals surface area contributed by atoms with Crippen LogP contribution in [0.4, 0.5) is 8.78 Å². The Hall–Kier alpha value is -1.69. The van der Waals surface area contributed by atoms with Crippen molar-refractivity contribution < 1.29 is 23.0 Å². The average molecular weight is 299 g/mol. The van der Waals surface area contributed by atoms with Gasteiger partial charge in [0.25, 0.3) is 0 Å². The van der Waals surface area contributed by atoms with Gasteiger partial charge in [-0.2, -0.15) is 8.78 Å². The molecule has 1 fully saturated rings. The molecule has 116 valence electrons. The maximum absolute atomic E-state index is 12.4. The molecule has 6 heteroatoms. The van der Waals surface area contributed by atoms with Gasteiger partial charge in [0.1, 0.15) is 11.8 Å². The van der Waals surface area contributed by atoms with E-state index in [1.54, 1.807) is 18.2 Å². The lowest BCUT2D eigenvalue weighted by molar-refractivity contribution is -0.148. The third-order valence-electron chi connectivity index (χ3n) is 3.65. The van der Waals surface area contributed by atoms with Gasteiger partial charge in [-0.05, 0) is 25.5 Å². The Bertz CT molecular complexity index is 482. The number of halogens is 2. The summed E-state index contributed by atoms with van der Waals surface area (Å²) in [4.78, 5) is 13.8. The number of rotatable bonds is 5. The zero-order valence-electron chi connectivity index (χ0n) is 11.9. The highest BCUT2D eigenvalue weighted by atomic mass is 19.3. The summed E-state index contributed by atoms with van der Waals surface area (Å²) in [5.74, 6) is -0.122. The van der Waals surface area contributed by atoms with Gasteiger partial charge in [0, 0.05) is 12.1 Å². The molecule has 1 aromatic rings. The molecule has 2 rings (SSSR count). The number of carbonyl (C=O) groups excluding carboxylic acids is 1. The van der Waals surface area contributed by atoms with Gasteiger partial charge in [0.15, 0.2) is 0 Å². The van der Waals surface area contributed by atoms with Gasteiger partial charge in [-0.15, -0.1) is 0 Å². The number of likely N-dealkylation sites (tertiary alicyclic amines) is 1. The van der Waals surface area contributed by atoms with Crippen LogP contribution in [-0.4, -0.2) is 37.2 Å². The van der Waals surface area contributed by atoms with Crippen LogP contribution in [-0.2, 0) is 16.1 Å². The lowest BCUT2D eigenvalue weighted by atomic mass is 10.0. The number of methoxy groups -OCH3 is 1. The molecular weight excluding hydrogens is 280 g/mol. The van der Waals surface area contributed by atoms with Crippen LogP contribution in [0.5, 0.6) is 5.75 Å². The molecule has 0 bridgehead atoms. The second-order valence-corrected chi connectivity index (χ2v) is 4.99. The summed E-state index contributed by atoms with van der Waals surface area (Å²) in [5, 5.41) is 0. The van der Waals surface area contributed by atoms with Crippen molar-refractivity contribution in [1.82, 2.24) is 4.90 Å². The molecule has 4 nitrogen and oxygen atoms in total. The number of piperidine rings is 1. The van der Waals surface area contributed by atoms with Crippen molar-refractivity contribution in [2.24, 2.45) is 0 Å². The number of nitrogens with zero attached hydrogens (tertiary/aromatic N) is 1. The van der Waals surface area contributed by atoms with Crippen molar-refractivity contribution in [2.45, 2.75) is 38.5 Å². The van der Waals surface area contributed by atoms with Crippen LogP contribution in [0.3, 0.4) is 0 Å². The summed E-state index contributed by atoms with van der Waals surface area (Å²) in [6.07, 6.45) is 2.67. The van der Waals surface area contributed by atoms with E-state index in [1.807, 2.05) is 4.90 Å². The van der Waals surface area contributed by atoms with Gasteiger partial charge < -0.3 is 9.47 Å².